The maximum Gasteiger partial charge on any atom is 0.000856 e. The van der Waals surface area contributed by atoms with Crippen molar-refractivity contribution in [2.45, 2.75) is 33.1 Å². The Morgan fingerprint density at radius 1 is 1.29 bits per heavy atom. The molecule has 0 unspecified atom stereocenters. The number of hydrogen-bond acceptors (Lipinski definition) is 0. The average Bonchev–Trinajstić information content (AvgIpc) is 2.25. The molecule has 0 fully saturated rings. The summed E-state index contributed by atoms with van der Waals surface area (Å²) in [5.41, 5.74) is 5.96. The zero-order valence-electron chi connectivity index (χ0n) is 9.09. The molecule has 0 saturated heterocycles. The van der Waals surface area contributed by atoms with E-state index in [1.165, 1.54) is 24.0 Å². The molecule has 1 rings (SSSR count). The van der Waals surface area contributed by atoms with Crippen LogP contribution in [0, 0.1) is 0 Å². The van der Waals surface area contributed by atoms with Gasteiger partial charge in [-0.3, -0.25) is 0 Å². The van der Waals surface area contributed by atoms with E-state index in [4.69, 9.17) is 0 Å². The monoisotopic (exact) mass is 186 g/mol. The Kier molecular flexibility index (Phi) is 4.82. The van der Waals surface area contributed by atoms with Gasteiger partial charge in [0.1, 0.15) is 0 Å². The van der Waals surface area contributed by atoms with Gasteiger partial charge in [-0.05, 0) is 31.4 Å². The molecule has 0 aliphatic heterocycles. The quantitative estimate of drug-likeness (QED) is 0.610. The molecule has 0 amide bonds. The summed E-state index contributed by atoms with van der Waals surface area (Å²) in [5, 5.41) is 0. The van der Waals surface area contributed by atoms with Crippen molar-refractivity contribution in [1.82, 2.24) is 0 Å². The third-order valence-electron chi connectivity index (χ3n) is 2.22. The molecule has 0 aromatic heterocycles. The predicted molar refractivity (Wildman–Crippen MR) is 63.1 cm³/mol. The van der Waals surface area contributed by atoms with Gasteiger partial charge in [0, 0.05) is 5.57 Å². The lowest BCUT2D eigenvalue weighted by Crippen LogP contribution is -1.82. The number of allylic oxidation sites excluding steroid dienone is 1. The summed E-state index contributed by atoms with van der Waals surface area (Å²) in [6.07, 6.45) is 5.61. The van der Waals surface area contributed by atoms with E-state index in [-0.39, 0.29) is 0 Å². The van der Waals surface area contributed by atoms with Gasteiger partial charge in [-0.25, -0.2) is 0 Å². The summed E-state index contributed by atoms with van der Waals surface area (Å²) in [6, 6.07) is 10.5. The first-order valence-corrected chi connectivity index (χ1v) is 5.34. The lowest BCUT2D eigenvalue weighted by atomic mass is 10.0. The van der Waals surface area contributed by atoms with Gasteiger partial charge in [0.05, 0.1) is 0 Å². The van der Waals surface area contributed by atoms with Gasteiger partial charge in [-0.15, -0.1) is 5.73 Å². The highest BCUT2D eigenvalue weighted by Gasteiger charge is 1.98. The highest BCUT2D eigenvalue weighted by Crippen LogP contribution is 2.18. The molecule has 74 valence electrons. The molecular formula is C14H18. The van der Waals surface area contributed by atoms with Crippen LogP contribution in [0.5, 0.6) is 0 Å². The van der Waals surface area contributed by atoms with E-state index in [1.807, 2.05) is 13.0 Å². The molecule has 0 bridgehead atoms. The molecule has 0 saturated carbocycles. The second-order valence-electron chi connectivity index (χ2n) is 3.38. The standard InChI is InChI=1S/C14H18/c1-3-5-10-13(9-4-2)14-11-7-6-8-12-14/h4,6-8,11-12H,3,5,10H2,1-2H3. The van der Waals surface area contributed by atoms with Crippen LogP contribution in [0.25, 0.3) is 5.57 Å². The van der Waals surface area contributed by atoms with Crippen molar-refractivity contribution in [3.8, 4) is 0 Å². The van der Waals surface area contributed by atoms with Gasteiger partial charge in [-0.2, -0.15) is 0 Å². The summed E-state index contributed by atoms with van der Waals surface area (Å²) >= 11 is 0. The van der Waals surface area contributed by atoms with Crippen LogP contribution >= 0.6 is 0 Å². The molecule has 0 nitrogen and oxygen atoms in total. The highest BCUT2D eigenvalue weighted by molar-refractivity contribution is 5.64. The minimum atomic E-state index is 1.13. The molecule has 1 aromatic rings. The molecular weight excluding hydrogens is 168 g/mol. The number of rotatable bonds is 4. The van der Waals surface area contributed by atoms with Crippen LogP contribution < -0.4 is 0 Å². The Morgan fingerprint density at radius 3 is 2.57 bits per heavy atom. The van der Waals surface area contributed by atoms with Gasteiger partial charge in [0.15, 0.2) is 0 Å². The van der Waals surface area contributed by atoms with E-state index in [0.29, 0.717) is 0 Å². The molecule has 0 N–H and O–H groups in total. The Morgan fingerprint density at radius 2 is 2.00 bits per heavy atom. The fourth-order valence-electron chi connectivity index (χ4n) is 1.47. The second-order valence-corrected chi connectivity index (χ2v) is 3.38. The summed E-state index contributed by atoms with van der Waals surface area (Å²) in [6.45, 7) is 4.24. The topological polar surface area (TPSA) is 0 Å². The van der Waals surface area contributed by atoms with Crippen LogP contribution in [-0.4, -0.2) is 0 Å². The minimum absolute atomic E-state index is 1.13. The van der Waals surface area contributed by atoms with Crippen LogP contribution in [0.2, 0.25) is 0 Å². The third-order valence-corrected chi connectivity index (χ3v) is 2.22. The molecule has 0 radical (unpaired) electrons. The largest absolute Gasteiger partial charge is 0.121 e. The van der Waals surface area contributed by atoms with Crippen LogP contribution in [-0.2, 0) is 0 Å². The number of unbranched alkanes of at least 4 members (excludes halogenated alkanes) is 1. The number of hydrogen-bond donors (Lipinski definition) is 0. The van der Waals surface area contributed by atoms with E-state index >= 15 is 0 Å². The normalized spacial score (nSPS) is 9.29. The molecule has 0 aliphatic carbocycles. The van der Waals surface area contributed by atoms with E-state index < -0.39 is 0 Å². The molecule has 0 atom stereocenters. The van der Waals surface area contributed by atoms with Gasteiger partial charge in [0.25, 0.3) is 0 Å². The second kappa shape index (κ2) is 6.23. The van der Waals surface area contributed by atoms with Crippen LogP contribution in [0.3, 0.4) is 0 Å². The Hall–Kier alpha value is -1.26. The Bertz CT molecular complexity index is 313. The zero-order chi connectivity index (χ0) is 10.2. The average molecular weight is 186 g/mol. The molecule has 14 heavy (non-hydrogen) atoms. The molecule has 0 aliphatic rings. The zero-order valence-corrected chi connectivity index (χ0v) is 9.09. The van der Waals surface area contributed by atoms with Crippen LogP contribution in [0.15, 0.2) is 42.1 Å². The van der Waals surface area contributed by atoms with E-state index in [2.05, 4.69) is 43.0 Å². The van der Waals surface area contributed by atoms with Crippen molar-refractivity contribution < 1.29 is 0 Å². The van der Waals surface area contributed by atoms with Gasteiger partial charge in [0.2, 0.25) is 0 Å². The maximum atomic E-state index is 3.33. The van der Waals surface area contributed by atoms with Crippen LogP contribution in [0.4, 0.5) is 0 Å². The SMILES string of the molecule is CC=C=C(CCCC)c1ccccc1. The summed E-state index contributed by atoms with van der Waals surface area (Å²) in [4.78, 5) is 0. The van der Waals surface area contributed by atoms with Gasteiger partial charge < -0.3 is 0 Å². The first-order chi connectivity index (χ1) is 6.88. The van der Waals surface area contributed by atoms with Crippen molar-refractivity contribution in [2.75, 3.05) is 0 Å². The molecule has 0 heteroatoms. The fraction of sp³-hybridized carbons (Fsp3) is 0.357. The van der Waals surface area contributed by atoms with E-state index in [9.17, 15) is 0 Å². The molecule has 1 aromatic carbocycles. The van der Waals surface area contributed by atoms with Crippen molar-refractivity contribution in [3.63, 3.8) is 0 Å². The summed E-state index contributed by atoms with van der Waals surface area (Å²) in [7, 11) is 0. The van der Waals surface area contributed by atoms with Crippen LogP contribution in [0.1, 0.15) is 38.7 Å². The van der Waals surface area contributed by atoms with Crippen molar-refractivity contribution in [1.29, 1.82) is 0 Å². The molecule has 0 spiro atoms. The summed E-state index contributed by atoms with van der Waals surface area (Å²) in [5.74, 6) is 0. The van der Waals surface area contributed by atoms with Gasteiger partial charge in [-0.1, -0.05) is 43.7 Å². The van der Waals surface area contributed by atoms with Crippen molar-refractivity contribution in [3.05, 3.63) is 47.7 Å². The fourth-order valence-corrected chi connectivity index (χ4v) is 1.47. The first kappa shape index (κ1) is 10.8. The maximum absolute atomic E-state index is 3.33. The van der Waals surface area contributed by atoms with E-state index in [1.54, 1.807) is 0 Å². The first-order valence-electron chi connectivity index (χ1n) is 5.34. The number of benzene rings is 1. The third kappa shape index (κ3) is 3.24. The smallest absolute Gasteiger partial charge is 0.000856 e. The summed E-state index contributed by atoms with van der Waals surface area (Å²) < 4.78 is 0. The predicted octanol–water partition coefficient (Wildman–Crippen LogP) is 4.44. The van der Waals surface area contributed by atoms with Crippen molar-refractivity contribution in [2.24, 2.45) is 0 Å². The Balaban J connectivity index is 2.85. The van der Waals surface area contributed by atoms with E-state index in [0.717, 1.165) is 6.42 Å². The van der Waals surface area contributed by atoms with Crippen molar-refractivity contribution >= 4 is 5.57 Å². The highest BCUT2D eigenvalue weighted by atomic mass is 14.0. The lowest BCUT2D eigenvalue weighted by Gasteiger charge is -2.03. The Labute approximate surface area is 87.0 Å². The van der Waals surface area contributed by atoms with Gasteiger partial charge >= 0.3 is 0 Å². The minimum Gasteiger partial charge on any atom is -0.121 e. The molecule has 0 heterocycles. The lowest BCUT2D eigenvalue weighted by molar-refractivity contribution is 0.824.